The van der Waals surface area contributed by atoms with Crippen LogP contribution in [0.2, 0.25) is 0 Å². The number of aliphatic hydroxyl groups excluding tert-OH is 2. The van der Waals surface area contributed by atoms with Crippen LogP contribution in [0, 0.1) is 34.5 Å². The van der Waals surface area contributed by atoms with E-state index in [1.807, 2.05) is 24.3 Å². The predicted molar refractivity (Wildman–Crippen MR) is 167 cm³/mol. The summed E-state index contributed by atoms with van der Waals surface area (Å²) in [7, 11) is 1.78. The highest BCUT2D eigenvalue weighted by Crippen LogP contribution is 2.66. The van der Waals surface area contributed by atoms with E-state index in [0.29, 0.717) is 43.4 Å². The van der Waals surface area contributed by atoms with Crippen molar-refractivity contribution >= 4 is 23.4 Å². The van der Waals surface area contributed by atoms with Gasteiger partial charge in [-0.3, -0.25) is 19.2 Å². The zero-order valence-electron chi connectivity index (χ0n) is 26.7. The molecule has 1 amide bonds. The summed E-state index contributed by atoms with van der Waals surface area (Å²) in [5, 5.41) is 20.5. The van der Waals surface area contributed by atoms with Crippen LogP contribution in [0.4, 0.5) is 0 Å². The van der Waals surface area contributed by atoms with Gasteiger partial charge in [-0.1, -0.05) is 43.7 Å². The first-order chi connectivity index (χ1) is 21.0. The number of allylic oxidation sites excluding steroid dienone is 4. The largest absolute Gasteiger partial charge is 0.466 e. The summed E-state index contributed by atoms with van der Waals surface area (Å²) in [6.45, 7) is 6.78. The fourth-order valence-electron chi connectivity index (χ4n) is 8.72. The number of hydrogen-bond acceptors (Lipinski definition) is 7. The Bertz CT molecular complexity index is 1270. The summed E-state index contributed by atoms with van der Waals surface area (Å²) in [6.07, 6.45) is 11.2. The lowest BCUT2D eigenvalue weighted by atomic mass is 9.46. The van der Waals surface area contributed by atoms with E-state index in [0.717, 1.165) is 44.1 Å². The van der Waals surface area contributed by atoms with E-state index in [9.17, 15) is 29.4 Å². The minimum absolute atomic E-state index is 0.0109. The van der Waals surface area contributed by atoms with Crippen LogP contribution in [0.15, 0.2) is 54.1 Å². The number of unbranched alkanes of at least 4 members (excludes halogenated alkanes) is 1. The van der Waals surface area contributed by atoms with Gasteiger partial charge in [0.15, 0.2) is 11.6 Å². The number of nitrogens with zero attached hydrogens (tertiary/aromatic N) is 1. The maximum absolute atomic E-state index is 12.3. The summed E-state index contributed by atoms with van der Waals surface area (Å²) < 4.78 is 4.85. The number of fused-ring (bicyclic) bond motifs is 5. The monoisotopic (exact) mass is 607 g/mol. The minimum Gasteiger partial charge on any atom is -0.466 e. The van der Waals surface area contributed by atoms with Crippen LogP contribution in [-0.2, 0) is 19.1 Å². The highest BCUT2D eigenvalue weighted by Gasteiger charge is 2.62. The number of amides is 1. The predicted octanol–water partition coefficient (Wildman–Crippen LogP) is 4.93. The van der Waals surface area contributed by atoms with Crippen LogP contribution in [0.3, 0.4) is 0 Å². The van der Waals surface area contributed by atoms with Gasteiger partial charge >= 0.3 is 5.97 Å². The first kappa shape index (κ1) is 33.8. The second-order valence-corrected chi connectivity index (χ2v) is 13.4. The van der Waals surface area contributed by atoms with Crippen molar-refractivity contribution in [1.82, 2.24) is 4.90 Å². The topological polar surface area (TPSA) is 121 Å². The molecule has 0 aliphatic heterocycles. The van der Waals surface area contributed by atoms with Crippen LogP contribution < -0.4 is 0 Å². The van der Waals surface area contributed by atoms with Crippen LogP contribution >= 0.6 is 0 Å². The molecule has 7 atom stereocenters. The molecule has 8 nitrogen and oxygen atoms in total. The number of ether oxygens (including phenoxy) is 1. The van der Waals surface area contributed by atoms with Gasteiger partial charge in [-0.15, -0.1) is 0 Å². The molecule has 4 aliphatic carbocycles. The summed E-state index contributed by atoms with van der Waals surface area (Å²) in [6, 6.07) is 9.19. The van der Waals surface area contributed by atoms with Gasteiger partial charge in [0, 0.05) is 42.8 Å². The van der Waals surface area contributed by atoms with Crippen LogP contribution in [0.1, 0.15) is 82.5 Å². The second kappa shape index (κ2) is 14.3. The van der Waals surface area contributed by atoms with Crippen molar-refractivity contribution in [3.63, 3.8) is 0 Å². The molecule has 240 valence electrons. The first-order valence-corrected chi connectivity index (χ1v) is 16.2. The van der Waals surface area contributed by atoms with Gasteiger partial charge in [-0.25, -0.2) is 0 Å². The van der Waals surface area contributed by atoms with Crippen molar-refractivity contribution in [1.29, 1.82) is 0 Å². The molecule has 0 heterocycles. The van der Waals surface area contributed by atoms with E-state index in [4.69, 9.17) is 4.74 Å². The average molecular weight is 608 g/mol. The number of esters is 1. The second-order valence-electron chi connectivity index (χ2n) is 13.4. The molecule has 5 rings (SSSR count). The molecule has 1 aromatic rings. The molecule has 0 radical (unpaired) electrons. The standard InChI is InChI=1S/C21H28O4.C15H21NO3/c1-20-8-7-13(23)9-12(20)3-4-14-15-5-6-16(18(25)11-22)21(15,2)10-17(24)19(14)20;1-3-19-14(17)11-7-8-12-16(2)15(18)13-9-5-4-6-10-13/h7-9,14-17,19,22,24H,3-6,10-11H2,1-2H3;4-6,9-10H,3,7-8,11-12H2,1-2H3/t14?,15?,16?,17-,19?,20-,21-;/m0./s1. The van der Waals surface area contributed by atoms with E-state index in [1.54, 1.807) is 43.2 Å². The Balaban J connectivity index is 0.000000210. The summed E-state index contributed by atoms with van der Waals surface area (Å²) in [5.41, 5.74) is 1.38. The maximum atomic E-state index is 12.3. The molecule has 0 spiro atoms. The number of benzene rings is 1. The van der Waals surface area contributed by atoms with E-state index in [-0.39, 0.29) is 46.1 Å². The van der Waals surface area contributed by atoms with Gasteiger partial charge in [0.25, 0.3) is 5.91 Å². The molecule has 0 bridgehead atoms. The van der Waals surface area contributed by atoms with Gasteiger partial charge in [0.05, 0.1) is 12.7 Å². The number of hydrogen-bond donors (Lipinski definition) is 2. The van der Waals surface area contributed by atoms with Gasteiger partial charge in [-0.05, 0) is 93.4 Å². The summed E-state index contributed by atoms with van der Waals surface area (Å²) >= 11 is 0. The molecule has 0 aromatic heterocycles. The minimum atomic E-state index is -0.482. The molecule has 0 saturated heterocycles. The van der Waals surface area contributed by atoms with Gasteiger partial charge in [0.2, 0.25) is 0 Å². The Kier molecular flexibility index (Phi) is 11.0. The summed E-state index contributed by atoms with van der Waals surface area (Å²) in [5.74, 6) is 0.577. The van der Waals surface area contributed by atoms with Gasteiger partial charge < -0.3 is 19.8 Å². The Morgan fingerprint density at radius 3 is 2.48 bits per heavy atom. The van der Waals surface area contributed by atoms with E-state index in [1.165, 1.54) is 0 Å². The van der Waals surface area contributed by atoms with Crippen molar-refractivity contribution in [3.8, 4) is 0 Å². The summed E-state index contributed by atoms with van der Waals surface area (Å²) in [4.78, 5) is 48.9. The smallest absolute Gasteiger partial charge is 0.305 e. The van der Waals surface area contributed by atoms with Crippen molar-refractivity contribution in [2.45, 2.75) is 78.2 Å². The number of rotatable bonds is 9. The average Bonchev–Trinajstić information content (AvgIpc) is 3.36. The number of Topliss-reactive ketones (excluding diaryl/α,β-unsaturated/α-hetero) is 1. The van der Waals surface area contributed by atoms with Crippen LogP contribution in [-0.4, -0.2) is 71.5 Å². The SMILES string of the molecule is CCOC(=O)CCCCN(C)C(=O)c1ccccc1.C[C@]12C[C@H](O)C3C(CCC4=CC(=O)C=C[C@@]43C)C1CCC2C(=O)CO. The number of carbonyl (C=O) groups excluding carboxylic acids is 4. The quantitative estimate of drug-likeness (QED) is 0.302. The zero-order chi connectivity index (χ0) is 32.1. The molecule has 3 fully saturated rings. The molecule has 3 saturated carbocycles. The van der Waals surface area contributed by atoms with Crippen molar-refractivity contribution in [2.24, 2.45) is 34.5 Å². The molecule has 1 aromatic carbocycles. The lowest BCUT2D eigenvalue weighted by Crippen LogP contribution is -2.56. The Morgan fingerprint density at radius 2 is 1.80 bits per heavy atom. The third-order valence-corrected chi connectivity index (χ3v) is 10.8. The fraction of sp³-hybridized carbons (Fsp3) is 0.611. The van der Waals surface area contributed by atoms with Crippen molar-refractivity contribution in [2.75, 3.05) is 26.8 Å². The maximum Gasteiger partial charge on any atom is 0.305 e. The highest BCUT2D eigenvalue weighted by atomic mass is 16.5. The lowest BCUT2D eigenvalue weighted by molar-refractivity contribution is -0.143. The number of ketones is 2. The molecule has 4 aliphatic rings. The highest BCUT2D eigenvalue weighted by molar-refractivity contribution is 6.01. The fourth-order valence-corrected chi connectivity index (χ4v) is 8.72. The molecular formula is C36H49NO7. The normalized spacial score (nSPS) is 31.8. The van der Waals surface area contributed by atoms with E-state index < -0.39 is 12.7 Å². The lowest BCUT2D eigenvalue weighted by Gasteiger charge is -2.58. The van der Waals surface area contributed by atoms with E-state index >= 15 is 0 Å². The van der Waals surface area contributed by atoms with Gasteiger partial charge in [-0.2, -0.15) is 0 Å². The van der Waals surface area contributed by atoms with Crippen LogP contribution in [0.5, 0.6) is 0 Å². The zero-order valence-corrected chi connectivity index (χ0v) is 26.7. The molecule has 44 heavy (non-hydrogen) atoms. The Labute approximate surface area is 261 Å². The first-order valence-electron chi connectivity index (χ1n) is 16.2. The molecular weight excluding hydrogens is 558 g/mol. The number of aliphatic hydroxyl groups is 2. The van der Waals surface area contributed by atoms with Crippen LogP contribution in [0.25, 0.3) is 0 Å². The molecule has 8 heteroatoms. The molecule has 2 N–H and O–H groups in total. The molecule has 4 unspecified atom stereocenters. The third-order valence-electron chi connectivity index (χ3n) is 10.8. The third kappa shape index (κ3) is 6.91. The van der Waals surface area contributed by atoms with E-state index in [2.05, 4.69) is 13.8 Å². The van der Waals surface area contributed by atoms with Crippen molar-refractivity contribution < 1.29 is 34.1 Å². The Hall–Kier alpha value is -3.10. The van der Waals surface area contributed by atoms with Crippen molar-refractivity contribution in [3.05, 3.63) is 59.7 Å². The Morgan fingerprint density at radius 1 is 1.07 bits per heavy atom. The number of carbonyl (C=O) groups is 4. The van der Waals surface area contributed by atoms with Gasteiger partial charge in [0.1, 0.15) is 6.61 Å².